The highest BCUT2D eigenvalue weighted by Gasteiger charge is 2.22. The average Bonchev–Trinajstić information content (AvgIpc) is 3.16. The molecule has 3 rings (SSSR count). The van der Waals surface area contributed by atoms with Gasteiger partial charge in [-0.2, -0.15) is 0 Å². The fourth-order valence-electron chi connectivity index (χ4n) is 3.24. The Morgan fingerprint density at radius 2 is 1.97 bits per heavy atom. The van der Waals surface area contributed by atoms with Gasteiger partial charge in [0.15, 0.2) is 11.7 Å². The zero-order valence-electron chi connectivity index (χ0n) is 16.2. The molecule has 29 heavy (non-hydrogen) atoms. The van der Waals surface area contributed by atoms with Crippen molar-refractivity contribution >= 4 is 35.1 Å². The third kappa shape index (κ3) is 6.05. The van der Waals surface area contributed by atoms with E-state index in [2.05, 4.69) is 15.2 Å². The SMILES string of the molecule is CN=C(NCc1ccc(C(N)=O)o1)N1CCC(COc2cc(Cl)cc(Cl)c2)CC1. The molecule has 0 spiro atoms. The zero-order valence-corrected chi connectivity index (χ0v) is 17.7. The molecular formula is C20H24Cl2N4O3. The van der Waals surface area contributed by atoms with Gasteiger partial charge in [-0.3, -0.25) is 9.79 Å². The summed E-state index contributed by atoms with van der Waals surface area (Å²) < 4.78 is 11.3. The number of halogens is 2. The van der Waals surface area contributed by atoms with E-state index < -0.39 is 5.91 Å². The van der Waals surface area contributed by atoms with Crippen molar-refractivity contribution in [2.24, 2.45) is 16.6 Å². The number of aliphatic imine (C=N–C) groups is 1. The molecule has 2 aromatic rings. The first-order chi connectivity index (χ1) is 13.9. The van der Waals surface area contributed by atoms with E-state index in [1.54, 1.807) is 37.4 Å². The number of nitrogens with zero attached hydrogens (tertiary/aromatic N) is 2. The Morgan fingerprint density at radius 1 is 1.28 bits per heavy atom. The number of nitrogens with two attached hydrogens (primary N) is 1. The highest BCUT2D eigenvalue weighted by atomic mass is 35.5. The van der Waals surface area contributed by atoms with Crippen LogP contribution in [0, 0.1) is 5.92 Å². The topological polar surface area (TPSA) is 93.1 Å². The van der Waals surface area contributed by atoms with Crippen molar-refractivity contribution in [2.75, 3.05) is 26.7 Å². The van der Waals surface area contributed by atoms with Crippen LogP contribution >= 0.6 is 23.2 Å². The van der Waals surface area contributed by atoms with E-state index in [1.807, 2.05) is 0 Å². The highest BCUT2D eigenvalue weighted by Crippen LogP contribution is 2.26. The molecule has 1 aromatic carbocycles. The monoisotopic (exact) mass is 438 g/mol. The largest absolute Gasteiger partial charge is 0.493 e. The number of benzene rings is 1. The number of furan rings is 1. The Labute approximate surface area is 179 Å². The van der Waals surface area contributed by atoms with Crippen LogP contribution in [0.2, 0.25) is 10.0 Å². The van der Waals surface area contributed by atoms with E-state index >= 15 is 0 Å². The lowest BCUT2D eigenvalue weighted by atomic mass is 9.98. The molecule has 1 aliphatic rings. The minimum atomic E-state index is -0.579. The van der Waals surface area contributed by atoms with Crippen molar-refractivity contribution in [3.05, 3.63) is 51.9 Å². The van der Waals surface area contributed by atoms with Crippen LogP contribution in [0.5, 0.6) is 5.75 Å². The minimum Gasteiger partial charge on any atom is -0.493 e. The van der Waals surface area contributed by atoms with Crippen molar-refractivity contribution in [1.29, 1.82) is 0 Å². The van der Waals surface area contributed by atoms with Crippen LogP contribution in [0.3, 0.4) is 0 Å². The van der Waals surface area contributed by atoms with E-state index in [4.69, 9.17) is 38.1 Å². The normalized spacial score (nSPS) is 15.4. The molecule has 156 valence electrons. The molecule has 0 atom stereocenters. The van der Waals surface area contributed by atoms with E-state index in [0.717, 1.165) is 31.9 Å². The molecule has 1 fully saturated rings. The zero-order chi connectivity index (χ0) is 20.8. The summed E-state index contributed by atoms with van der Waals surface area (Å²) in [6, 6.07) is 8.52. The number of guanidine groups is 1. The summed E-state index contributed by atoms with van der Waals surface area (Å²) in [6.45, 7) is 2.79. The predicted molar refractivity (Wildman–Crippen MR) is 114 cm³/mol. The van der Waals surface area contributed by atoms with Crippen LogP contribution in [0.4, 0.5) is 0 Å². The molecule has 1 saturated heterocycles. The summed E-state index contributed by atoms with van der Waals surface area (Å²) >= 11 is 12.0. The van der Waals surface area contributed by atoms with Gasteiger partial charge in [0.2, 0.25) is 0 Å². The standard InChI is InChI=1S/C20H24Cl2N4O3/c1-24-20(25-11-16-2-3-18(29-16)19(23)27)26-6-4-13(5-7-26)12-28-17-9-14(21)8-15(22)10-17/h2-3,8-10,13H,4-7,11-12H2,1H3,(H2,23,27)(H,24,25). The van der Waals surface area contributed by atoms with Gasteiger partial charge in [-0.15, -0.1) is 0 Å². The molecule has 0 unspecified atom stereocenters. The van der Waals surface area contributed by atoms with Crippen molar-refractivity contribution in [1.82, 2.24) is 10.2 Å². The van der Waals surface area contributed by atoms with Gasteiger partial charge in [-0.25, -0.2) is 0 Å². The first kappa shape index (κ1) is 21.3. The van der Waals surface area contributed by atoms with Crippen molar-refractivity contribution in [3.8, 4) is 5.75 Å². The highest BCUT2D eigenvalue weighted by molar-refractivity contribution is 6.34. The van der Waals surface area contributed by atoms with Crippen LogP contribution in [0.1, 0.15) is 29.2 Å². The molecule has 7 nitrogen and oxygen atoms in total. The van der Waals surface area contributed by atoms with E-state index in [-0.39, 0.29) is 5.76 Å². The number of piperidine rings is 1. The summed E-state index contributed by atoms with van der Waals surface area (Å²) in [4.78, 5) is 17.7. The summed E-state index contributed by atoms with van der Waals surface area (Å²) in [5.41, 5.74) is 5.21. The molecule has 9 heteroatoms. The van der Waals surface area contributed by atoms with E-state index in [9.17, 15) is 4.79 Å². The van der Waals surface area contributed by atoms with Crippen LogP contribution < -0.4 is 15.8 Å². The van der Waals surface area contributed by atoms with Crippen LogP contribution in [-0.2, 0) is 6.54 Å². The Bertz CT molecular complexity index is 856. The molecule has 0 saturated carbocycles. The number of carbonyl (C=O) groups excluding carboxylic acids is 1. The summed E-state index contributed by atoms with van der Waals surface area (Å²) in [5.74, 6) is 2.14. The number of nitrogens with one attached hydrogen (secondary N) is 1. The van der Waals surface area contributed by atoms with Gasteiger partial charge < -0.3 is 25.1 Å². The van der Waals surface area contributed by atoms with Gasteiger partial charge in [-0.1, -0.05) is 23.2 Å². The molecule has 0 aliphatic carbocycles. The summed E-state index contributed by atoms with van der Waals surface area (Å²) in [6.07, 6.45) is 1.98. The second-order valence-corrected chi connectivity index (χ2v) is 7.75. The number of ether oxygens (including phenoxy) is 1. The third-order valence-corrected chi connectivity index (χ3v) is 5.21. The first-order valence-corrected chi connectivity index (χ1v) is 10.1. The van der Waals surface area contributed by atoms with Gasteiger partial charge in [0.1, 0.15) is 11.5 Å². The smallest absolute Gasteiger partial charge is 0.284 e. The second kappa shape index (κ2) is 9.89. The number of rotatable bonds is 6. The molecule has 0 radical (unpaired) electrons. The van der Waals surface area contributed by atoms with Gasteiger partial charge in [-0.05, 0) is 49.1 Å². The molecular weight excluding hydrogens is 415 g/mol. The summed E-state index contributed by atoms with van der Waals surface area (Å²) in [7, 11) is 1.75. The Morgan fingerprint density at radius 3 is 2.55 bits per heavy atom. The predicted octanol–water partition coefficient (Wildman–Crippen LogP) is 3.55. The molecule has 1 aliphatic heterocycles. The molecule has 0 bridgehead atoms. The van der Waals surface area contributed by atoms with Crippen molar-refractivity contribution in [3.63, 3.8) is 0 Å². The fraction of sp³-hybridized carbons (Fsp3) is 0.400. The number of likely N-dealkylation sites (tertiary alicyclic amines) is 1. The number of amides is 1. The molecule has 1 aromatic heterocycles. The number of hydrogen-bond donors (Lipinski definition) is 2. The Balaban J connectivity index is 1.45. The van der Waals surface area contributed by atoms with Crippen molar-refractivity contribution < 1.29 is 13.9 Å². The fourth-order valence-corrected chi connectivity index (χ4v) is 3.75. The molecule has 3 N–H and O–H groups in total. The van der Waals surface area contributed by atoms with E-state index in [1.165, 1.54) is 0 Å². The van der Waals surface area contributed by atoms with Gasteiger partial charge >= 0.3 is 0 Å². The minimum absolute atomic E-state index is 0.151. The number of primary amides is 1. The lowest BCUT2D eigenvalue weighted by Crippen LogP contribution is -2.46. The Kier molecular flexibility index (Phi) is 7.28. The lowest BCUT2D eigenvalue weighted by molar-refractivity contribution is 0.0972. The van der Waals surface area contributed by atoms with Crippen LogP contribution in [0.15, 0.2) is 39.7 Å². The lowest BCUT2D eigenvalue weighted by Gasteiger charge is -2.34. The second-order valence-electron chi connectivity index (χ2n) is 6.88. The maximum Gasteiger partial charge on any atom is 0.284 e. The Hall–Kier alpha value is -2.38. The van der Waals surface area contributed by atoms with E-state index in [0.29, 0.717) is 40.6 Å². The molecule has 2 heterocycles. The number of hydrogen-bond acceptors (Lipinski definition) is 4. The van der Waals surface area contributed by atoms with Crippen LogP contribution in [0.25, 0.3) is 0 Å². The first-order valence-electron chi connectivity index (χ1n) is 9.37. The maximum atomic E-state index is 11.1. The average molecular weight is 439 g/mol. The van der Waals surface area contributed by atoms with Crippen molar-refractivity contribution in [2.45, 2.75) is 19.4 Å². The van der Waals surface area contributed by atoms with Gasteiger partial charge in [0.25, 0.3) is 5.91 Å². The third-order valence-electron chi connectivity index (χ3n) is 4.77. The molecule has 1 amide bonds. The maximum absolute atomic E-state index is 11.1. The van der Waals surface area contributed by atoms with Gasteiger partial charge in [0, 0.05) is 30.2 Å². The quantitative estimate of drug-likeness (QED) is 0.531. The van der Waals surface area contributed by atoms with Crippen LogP contribution in [-0.4, -0.2) is 43.5 Å². The summed E-state index contributed by atoms with van der Waals surface area (Å²) in [5, 5.41) is 4.40. The number of carbonyl (C=O) groups is 1. The van der Waals surface area contributed by atoms with Gasteiger partial charge in [0.05, 0.1) is 13.2 Å².